The Bertz CT molecular complexity index is 708. The molecule has 0 aliphatic carbocycles. The van der Waals surface area contributed by atoms with Crippen molar-refractivity contribution < 1.29 is 19.3 Å². The van der Waals surface area contributed by atoms with Gasteiger partial charge in [0.1, 0.15) is 11.5 Å². The lowest BCUT2D eigenvalue weighted by Gasteiger charge is -2.17. The van der Waals surface area contributed by atoms with Gasteiger partial charge in [0.15, 0.2) is 0 Å². The van der Waals surface area contributed by atoms with Gasteiger partial charge in [-0.2, -0.15) is 10.2 Å². The van der Waals surface area contributed by atoms with Crippen molar-refractivity contribution in [3.8, 4) is 0 Å². The Balaban J connectivity index is 2.05. The molecule has 0 bridgehead atoms. The minimum Gasteiger partial charge on any atom is -0.390 e. The van der Waals surface area contributed by atoms with Crippen LogP contribution in [0.1, 0.15) is 0 Å². The zero-order valence-electron chi connectivity index (χ0n) is 13.2. The molecular formula is C14H18FN5O4. The number of likely N-dealkylation sites (N-methyl/N-ethyl adjacent to an activating group) is 1. The second-order valence-corrected chi connectivity index (χ2v) is 5.14. The van der Waals surface area contributed by atoms with Gasteiger partial charge < -0.3 is 15.3 Å². The van der Waals surface area contributed by atoms with Crippen molar-refractivity contribution in [3.63, 3.8) is 0 Å². The Morgan fingerprint density at radius 2 is 2.33 bits per heavy atom. The standard InChI is InChI=1S/C14H18FN5O4/c1-18(24-2)8-12(21)9-19-7-11(6-16-19)17-13-4-3-10(15)5-14(13)20(22)23/h3-7,12,17,21H,8-9H2,1-2H3/t12-/m1/s1. The lowest BCUT2D eigenvalue weighted by atomic mass is 10.2. The molecule has 0 spiro atoms. The number of hydrogen-bond acceptors (Lipinski definition) is 7. The Hall–Kier alpha value is -2.56. The first-order chi connectivity index (χ1) is 11.4. The van der Waals surface area contributed by atoms with Gasteiger partial charge in [0.2, 0.25) is 0 Å². The summed E-state index contributed by atoms with van der Waals surface area (Å²) in [5, 5.41) is 29.3. The molecule has 10 heteroatoms. The number of hydrogen-bond donors (Lipinski definition) is 2. The molecule has 2 N–H and O–H groups in total. The maximum absolute atomic E-state index is 13.1. The maximum Gasteiger partial charge on any atom is 0.295 e. The van der Waals surface area contributed by atoms with Crippen LogP contribution in [0.25, 0.3) is 0 Å². The van der Waals surface area contributed by atoms with Crippen LogP contribution in [0.15, 0.2) is 30.6 Å². The van der Waals surface area contributed by atoms with Crippen molar-refractivity contribution in [3.05, 3.63) is 46.5 Å². The molecule has 0 unspecified atom stereocenters. The number of aromatic nitrogens is 2. The number of rotatable bonds is 8. The molecule has 1 heterocycles. The number of anilines is 2. The minimum absolute atomic E-state index is 0.153. The van der Waals surface area contributed by atoms with Crippen LogP contribution in [-0.4, -0.2) is 51.7 Å². The van der Waals surface area contributed by atoms with Gasteiger partial charge in [0, 0.05) is 13.2 Å². The van der Waals surface area contributed by atoms with Gasteiger partial charge in [-0.05, 0) is 12.1 Å². The normalized spacial score (nSPS) is 12.4. The van der Waals surface area contributed by atoms with Crippen molar-refractivity contribution in [1.82, 2.24) is 14.8 Å². The largest absolute Gasteiger partial charge is 0.390 e. The molecule has 1 aromatic carbocycles. The number of aliphatic hydroxyl groups excluding tert-OH is 1. The van der Waals surface area contributed by atoms with Gasteiger partial charge in [-0.15, -0.1) is 0 Å². The molecule has 2 rings (SSSR count). The topological polar surface area (TPSA) is 106 Å². The van der Waals surface area contributed by atoms with E-state index in [-0.39, 0.29) is 17.9 Å². The quantitative estimate of drug-likeness (QED) is 0.555. The third-order valence-corrected chi connectivity index (χ3v) is 3.25. The molecule has 0 fully saturated rings. The molecule has 0 amide bonds. The van der Waals surface area contributed by atoms with Gasteiger partial charge in [-0.25, -0.2) is 4.39 Å². The Kier molecular flexibility index (Phi) is 5.79. The first-order valence-corrected chi connectivity index (χ1v) is 7.05. The van der Waals surface area contributed by atoms with E-state index in [1.54, 1.807) is 13.2 Å². The summed E-state index contributed by atoms with van der Waals surface area (Å²) >= 11 is 0. The molecule has 0 radical (unpaired) electrons. The van der Waals surface area contributed by atoms with Crippen LogP contribution >= 0.6 is 0 Å². The molecular weight excluding hydrogens is 321 g/mol. The minimum atomic E-state index is -0.706. The molecule has 9 nitrogen and oxygen atoms in total. The Morgan fingerprint density at radius 1 is 1.58 bits per heavy atom. The molecule has 0 saturated heterocycles. The van der Waals surface area contributed by atoms with Gasteiger partial charge >= 0.3 is 0 Å². The van der Waals surface area contributed by atoms with Crippen molar-refractivity contribution in [2.45, 2.75) is 12.6 Å². The lowest BCUT2D eigenvalue weighted by Crippen LogP contribution is -2.31. The summed E-state index contributed by atoms with van der Waals surface area (Å²) in [6.07, 6.45) is 2.34. The summed E-state index contributed by atoms with van der Waals surface area (Å²) in [7, 11) is 3.19. The predicted molar refractivity (Wildman–Crippen MR) is 84.2 cm³/mol. The zero-order valence-corrected chi connectivity index (χ0v) is 13.2. The fourth-order valence-electron chi connectivity index (χ4n) is 2.09. The number of hydroxylamine groups is 2. The Labute approximate surface area is 137 Å². The number of benzene rings is 1. The third-order valence-electron chi connectivity index (χ3n) is 3.25. The number of nitro benzene ring substituents is 1. The van der Waals surface area contributed by atoms with Crippen molar-refractivity contribution in [2.24, 2.45) is 0 Å². The third kappa shape index (κ3) is 4.72. The summed E-state index contributed by atoms with van der Waals surface area (Å²) in [5.41, 5.74) is 0.266. The highest BCUT2D eigenvalue weighted by Gasteiger charge is 2.16. The smallest absolute Gasteiger partial charge is 0.295 e. The molecule has 0 aliphatic heterocycles. The highest BCUT2D eigenvalue weighted by Crippen LogP contribution is 2.28. The van der Waals surface area contributed by atoms with E-state index in [2.05, 4.69) is 10.4 Å². The average molecular weight is 339 g/mol. The summed E-state index contributed by atoms with van der Waals surface area (Å²) in [6.45, 7) is 0.517. The van der Waals surface area contributed by atoms with Gasteiger partial charge in [0.25, 0.3) is 5.69 Å². The predicted octanol–water partition coefficient (Wildman–Crippen LogP) is 1.53. The molecule has 1 aromatic heterocycles. The fourth-order valence-corrected chi connectivity index (χ4v) is 2.09. The summed E-state index contributed by atoms with van der Waals surface area (Å²) < 4.78 is 14.6. The zero-order chi connectivity index (χ0) is 17.7. The summed E-state index contributed by atoms with van der Waals surface area (Å²) in [4.78, 5) is 15.2. The van der Waals surface area contributed by atoms with Gasteiger partial charge in [-0.1, -0.05) is 0 Å². The van der Waals surface area contributed by atoms with E-state index in [1.807, 2.05) is 0 Å². The van der Waals surface area contributed by atoms with Crippen molar-refractivity contribution >= 4 is 17.1 Å². The molecule has 0 saturated carbocycles. The fraction of sp³-hybridized carbons (Fsp3) is 0.357. The van der Waals surface area contributed by atoms with Crippen molar-refractivity contribution in [2.75, 3.05) is 26.0 Å². The second kappa shape index (κ2) is 7.81. The van der Waals surface area contributed by atoms with Gasteiger partial charge in [-0.3, -0.25) is 14.8 Å². The number of aliphatic hydroxyl groups is 1. The van der Waals surface area contributed by atoms with Crippen LogP contribution < -0.4 is 5.32 Å². The highest BCUT2D eigenvalue weighted by molar-refractivity contribution is 5.68. The Morgan fingerprint density at radius 3 is 3.00 bits per heavy atom. The SMILES string of the molecule is CON(C)C[C@@H](O)Cn1cc(Nc2ccc(F)cc2[N+](=O)[O-])cn1. The van der Waals surface area contributed by atoms with Crippen LogP contribution in [0.5, 0.6) is 0 Å². The summed E-state index contributed by atoms with van der Waals surface area (Å²) in [6, 6.07) is 3.26. The first-order valence-electron chi connectivity index (χ1n) is 7.05. The van der Waals surface area contributed by atoms with Crippen LogP contribution in [0.2, 0.25) is 0 Å². The molecule has 130 valence electrons. The van der Waals surface area contributed by atoms with Gasteiger partial charge in [0.05, 0.1) is 49.2 Å². The van der Waals surface area contributed by atoms with E-state index in [4.69, 9.17) is 4.84 Å². The first kappa shape index (κ1) is 17.8. The maximum atomic E-state index is 13.1. The van der Waals surface area contributed by atoms with E-state index in [0.717, 1.165) is 12.1 Å². The number of halogens is 1. The molecule has 1 atom stereocenters. The van der Waals surface area contributed by atoms with Crippen LogP contribution in [0.3, 0.4) is 0 Å². The van der Waals surface area contributed by atoms with E-state index in [0.29, 0.717) is 12.2 Å². The number of nitrogens with zero attached hydrogens (tertiary/aromatic N) is 4. The van der Waals surface area contributed by atoms with Crippen molar-refractivity contribution in [1.29, 1.82) is 0 Å². The van der Waals surface area contributed by atoms with E-state index in [9.17, 15) is 19.6 Å². The molecule has 24 heavy (non-hydrogen) atoms. The lowest BCUT2D eigenvalue weighted by molar-refractivity contribution is -0.384. The monoisotopic (exact) mass is 339 g/mol. The average Bonchev–Trinajstić information content (AvgIpc) is 2.95. The van der Waals surface area contributed by atoms with Crippen LogP contribution in [0, 0.1) is 15.9 Å². The highest BCUT2D eigenvalue weighted by atomic mass is 19.1. The summed E-state index contributed by atoms with van der Waals surface area (Å²) in [5.74, 6) is -0.687. The van der Waals surface area contributed by atoms with E-state index >= 15 is 0 Å². The number of nitrogens with one attached hydrogen (secondary N) is 1. The van der Waals surface area contributed by atoms with E-state index < -0.39 is 16.8 Å². The van der Waals surface area contributed by atoms with Crippen LogP contribution in [0.4, 0.5) is 21.5 Å². The number of nitro groups is 1. The molecule has 2 aromatic rings. The van der Waals surface area contributed by atoms with Crippen LogP contribution in [-0.2, 0) is 11.4 Å². The van der Waals surface area contributed by atoms with E-state index in [1.165, 1.54) is 29.1 Å². The second-order valence-electron chi connectivity index (χ2n) is 5.14. The molecule has 0 aliphatic rings.